The van der Waals surface area contributed by atoms with Crippen LogP contribution in [0.15, 0.2) is 36.5 Å². The van der Waals surface area contributed by atoms with Crippen LogP contribution in [0.4, 0.5) is 0 Å². The molecule has 2 aliphatic rings. The molecular formula is C21H24ClN3O3. The first kappa shape index (κ1) is 19.2. The summed E-state index contributed by atoms with van der Waals surface area (Å²) in [5, 5.41) is 3.88. The summed E-state index contributed by atoms with van der Waals surface area (Å²) in [6, 6.07) is 9.99. The fourth-order valence-electron chi connectivity index (χ4n) is 4.01. The predicted octanol–water partition coefficient (Wildman–Crippen LogP) is 3.00. The van der Waals surface area contributed by atoms with Crippen LogP contribution in [-0.2, 0) is 4.74 Å². The summed E-state index contributed by atoms with van der Waals surface area (Å²) in [5.74, 6) is 0.368. The highest BCUT2D eigenvalue weighted by Crippen LogP contribution is 2.31. The van der Waals surface area contributed by atoms with Crippen molar-refractivity contribution >= 4 is 17.5 Å². The summed E-state index contributed by atoms with van der Waals surface area (Å²) in [7, 11) is 1.55. The van der Waals surface area contributed by atoms with Gasteiger partial charge in [-0.3, -0.25) is 14.7 Å². The van der Waals surface area contributed by atoms with Gasteiger partial charge in [-0.2, -0.15) is 0 Å². The smallest absolute Gasteiger partial charge is 0.255 e. The Labute approximate surface area is 169 Å². The third-order valence-electron chi connectivity index (χ3n) is 5.46. The zero-order valence-electron chi connectivity index (χ0n) is 16.0. The average Bonchev–Trinajstić information content (AvgIpc) is 3.09. The van der Waals surface area contributed by atoms with Crippen molar-refractivity contribution in [2.75, 3.05) is 26.8 Å². The minimum absolute atomic E-state index is 0.0332. The van der Waals surface area contributed by atoms with Gasteiger partial charge in [0.15, 0.2) is 0 Å². The highest BCUT2D eigenvalue weighted by molar-refractivity contribution is 6.30. The number of rotatable bonds is 4. The first-order chi connectivity index (χ1) is 13.5. The molecule has 28 heavy (non-hydrogen) atoms. The van der Waals surface area contributed by atoms with Crippen LogP contribution < -0.4 is 10.1 Å². The molecule has 0 bridgehead atoms. The summed E-state index contributed by atoms with van der Waals surface area (Å²) in [6.07, 6.45) is 2.50. The Hall–Kier alpha value is -2.15. The molecule has 4 rings (SSSR count). The van der Waals surface area contributed by atoms with Crippen molar-refractivity contribution in [3.8, 4) is 5.75 Å². The quantitative estimate of drug-likeness (QED) is 0.853. The van der Waals surface area contributed by atoms with Gasteiger partial charge in [0.05, 0.1) is 31.6 Å². The Bertz CT molecular complexity index is 858. The molecule has 0 saturated carbocycles. The molecule has 7 heteroatoms. The number of nitrogens with one attached hydrogen (secondary N) is 1. The number of amides is 1. The van der Waals surface area contributed by atoms with E-state index in [2.05, 4.69) is 15.2 Å². The van der Waals surface area contributed by atoms with E-state index in [-0.39, 0.29) is 18.1 Å². The normalized spacial score (nSPS) is 24.6. The molecule has 0 radical (unpaired) electrons. The molecule has 2 fully saturated rings. The van der Waals surface area contributed by atoms with Crippen molar-refractivity contribution in [1.82, 2.24) is 15.2 Å². The van der Waals surface area contributed by atoms with Crippen LogP contribution in [0.25, 0.3) is 0 Å². The number of ether oxygens (including phenoxy) is 2. The third kappa shape index (κ3) is 3.99. The van der Waals surface area contributed by atoms with Gasteiger partial charge in [-0.05, 0) is 37.1 Å². The van der Waals surface area contributed by atoms with E-state index < -0.39 is 0 Å². The largest absolute Gasteiger partial charge is 0.494 e. The minimum Gasteiger partial charge on any atom is -0.494 e. The van der Waals surface area contributed by atoms with Crippen LogP contribution in [0.2, 0.25) is 5.02 Å². The first-order valence-electron chi connectivity index (χ1n) is 9.46. The maximum atomic E-state index is 12.8. The topological polar surface area (TPSA) is 63.7 Å². The standard InChI is InChI=1S/C21H24ClN3O3/c1-13-7-18(19(27-2)9-23-13)21(26)24-16-8-17-12-28-20(11-25(17)10-16)14-3-5-15(22)6-4-14/h3-7,9,16-17,20H,8,10-12H2,1-2H3,(H,24,26)/t16-,17-,20+/m0/s1. The second kappa shape index (κ2) is 8.07. The molecular weight excluding hydrogens is 378 g/mol. The van der Waals surface area contributed by atoms with Crippen LogP contribution >= 0.6 is 11.6 Å². The van der Waals surface area contributed by atoms with Crippen molar-refractivity contribution in [2.24, 2.45) is 0 Å². The molecule has 0 spiro atoms. The number of hydrogen-bond donors (Lipinski definition) is 1. The molecule has 2 saturated heterocycles. The number of nitrogens with zero attached hydrogens (tertiary/aromatic N) is 2. The molecule has 2 aliphatic heterocycles. The molecule has 148 valence electrons. The van der Waals surface area contributed by atoms with Gasteiger partial charge in [-0.15, -0.1) is 0 Å². The van der Waals surface area contributed by atoms with Crippen LogP contribution in [0, 0.1) is 6.92 Å². The van der Waals surface area contributed by atoms with Gasteiger partial charge in [0, 0.05) is 35.9 Å². The first-order valence-corrected chi connectivity index (χ1v) is 9.84. The SMILES string of the molecule is COc1cnc(C)cc1C(=O)N[C@H]1C[C@H]2CO[C@@H](c3ccc(Cl)cc3)CN2C1. The fraction of sp³-hybridized carbons (Fsp3) is 0.429. The monoisotopic (exact) mass is 401 g/mol. The Morgan fingerprint density at radius 3 is 2.86 bits per heavy atom. The average molecular weight is 402 g/mol. The molecule has 3 heterocycles. The van der Waals surface area contributed by atoms with Gasteiger partial charge in [-0.1, -0.05) is 23.7 Å². The van der Waals surface area contributed by atoms with Crippen molar-refractivity contribution < 1.29 is 14.3 Å². The summed E-state index contributed by atoms with van der Waals surface area (Å²) in [5.41, 5.74) is 2.44. The number of fused-ring (bicyclic) bond motifs is 1. The minimum atomic E-state index is -0.123. The number of aromatic nitrogens is 1. The number of carbonyl (C=O) groups excluding carboxylic acids is 1. The summed E-state index contributed by atoms with van der Waals surface area (Å²) < 4.78 is 11.4. The number of morpholine rings is 1. The van der Waals surface area contributed by atoms with E-state index in [1.54, 1.807) is 19.4 Å². The number of aryl methyl sites for hydroxylation is 1. The highest BCUT2D eigenvalue weighted by Gasteiger charge is 2.38. The predicted molar refractivity (Wildman–Crippen MR) is 107 cm³/mol. The molecule has 2 aromatic rings. The van der Waals surface area contributed by atoms with Crippen LogP contribution in [0.1, 0.15) is 34.1 Å². The van der Waals surface area contributed by atoms with Crippen molar-refractivity contribution in [3.05, 3.63) is 58.4 Å². The molecule has 0 unspecified atom stereocenters. The van der Waals surface area contributed by atoms with Crippen LogP contribution in [0.5, 0.6) is 5.75 Å². The van der Waals surface area contributed by atoms with Crippen molar-refractivity contribution in [1.29, 1.82) is 0 Å². The van der Waals surface area contributed by atoms with E-state index in [9.17, 15) is 4.79 Å². The van der Waals surface area contributed by atoms with E-state index in [0.717, 1.165) is 35.8 Å². The molecule has 0 aliphatic carbocycles. The Morgan fingerprint density at radius 1 is 1.32 bits per heavy atom. The van der Waals surface area contributed by atoms with E-state index in [0.29, 0.717) is 24.0 Å². The highest BCUT2D eigenvalue weighted by atomic mass is 35.5. The van der Waals surface area contributed by atoms with Gasteiger partial charge in [0.1, 0.15) is 5.75 Å². The maximum absolute atomic E-state index is 12.8. The second-order valence-corrected chi connectivity index (χ2v) is 7.85. The van der Waals surface area contributed by atoms with E-state index >= 15 is 0 Å². The van der Waals surface area contributed by atoms with Crippen molar-refractivity contribution in [2.45, 2.75) is 31.5 Å². The number of benzene rings is 1. The zero-order chi connectivity index (χ0) is 19.7. The van der Waals surface area contributed by atoms with Crippen molar-refractivity contribution in [3.63, 3.8) is 0 Å². The molecule has 1 N–H and O–H groups in total. The number of methoxy groups -OCH3 is 1. The van der Waals surface area contributed by atoms with E-state index in [4.69, 9.17) is 21.1 Å². The lowest BCUT2D eigenvalue weighted by molar-refractivity contribution is -0.0502. The number of hydrogen-bond acceptors (Lipinski definition) is 5. The van der Waals surface area contributed by atoms with Crippen LogP contribution in [-0.4, -0.2) is 54.7 Å². The number of carbonyl (C=O) groups is 1. The third-order valence-corrected chi connectivity index (χ3v) is 5.72. The Balaban J connectivity index is 1.40. The lowest BCUT2D eigenvalue weighted by Gasteiger charge is -2.35. The fourth-order valence-corrected chi connectivity index (χ4v) is 4.13. The second-order valence-electron chi connectivity index (χ2n) is 7.41. The van der Waals surface area contributed by atoms with Gasteiger partial charge in [0.2, 0.25) is 0 Å². The van der Waals surface area contributed by atoms with Crippen LogP contribution in [0.3, 0.4) is 0 Å². The van der Waals surface area contributed by atoms with Gasteiger partial charge < -0.3 is 14.8 Å². The van der Waals surface area contributed by atoms with Gasteiger partial charge in [0.25, 0.3) is 5.91 Å². The van der Waals surface area contributed by atoms with E-state index in [1.165, 1.54) is 0 Å². The molecule has 1 amide bonds. The van der Waals surface area contributed by atoms with Gasteiger partial charge in [-0.25, -0.2) is 0 Å². The molecule has 1 aromatic carbocycles. The number of halogens is 1. The molecule has 6 nitrogen and oxygen atoms in total. The molecule has 3 atom stereocenters. The lowest BCUT2D eigenvalue weighted by atomic mass is 10.1. The summed E-state index contributed by atoms with van der Waals surface area (Å²) >= 11 is 5.98. The maximum Gasteiger partial charge on any atom is 0.255 e. The zero-order valence-corrected chi connectivity index (χ0v) is 16.8. The van der Waals surface area contributed by atoms with Gasteiger partial charge >= 0.3 is 0 Å². The lowest BCUT2D eigenvalue weighted by Crippen LogP contribution is -2.43. The van der Waals surface area contributed by atoms with E-state index in [1.807, 2.05) is 31.2 Å². The Kier molecular flexibility index (Phi) is 5.53. The Morgan fingerprint density at radius 2 is 2.11 bits per heavy atom. The summed E-state index contributed by atoms with van der Waals surface area (Å²) in [6.45, 7) is 4.16. The number of pyridine rings is 1. The summed E-state index contributed by atoms with van der Waals surface area (Å²) in [4.78, 5) is 19.4. The molecule has 1 aromatic heterocycles.